The normalized spacial score (nSPS) is 17.4. The van der Waals surface area contributed by atoms with Crippen molar-refractivity contribution >= 4 is 29.3 Å². The minimum absolute atomic E-state index is 0.0526. The molecule has 1 aliphatic carbocycles. The van der Waals surface area contributed by atoms with Gasteiger partial charge >= 0.3 is 0 Å². The summed E-state index contributed by atoms with van der Waals surface area (Å²) in [4.78, 5) is 13.0. The number of rotatable bonds is 7. The predicted octanol–water partition coefficient (Wildman–Crippen LogP) is 6.08. The van der Waals surface area contributed by atoms with Crippen LogP contribution in [-0.2, 0) is 6.42 Å². The number of fused-ring (bicyclic) bond motifs is 1. The van der Waals surface area contributed by atoms with E-state index in [4.69, 9.17) is 16.2 Å². The SMILES string of the molecule is COc1cc2c(c(N)c1C(=O)/C=C/c1ccc(N)cc1)C=CC(C)(CCC=C(C)C)C2. The Morgan fingerprint density at radius 1 is 1.19 bits per heavy atom. The highest BCUT2D eigenvalue weighted by Gasteiger charge is 2.29. The highest BCUT2D eigenvalue weighted by molar-refractivity contribution is 6.13. The number of hydrogen-bond acceptors (Lipinski definition) is 4. The molecule has 4 heteroatoms. The Labute approximate surface area is 185 Å². The van der Waals surface area contributed by atoms with E-state index in [9.17, 15) is 4.79 Å². The highest BCUT2D eigenvalue weighted by Crippen LogP contribution is 2.42. The molecule has 1 unspecified atom stereocenters. The molecular formula is C27H32N2O2. The van der Waals surface area contributed by atoms with Crippen LogP contribution in [0.25, 0.3) is 12.2 Å². The van der Waals surface area contributed by atoms with Crippen LogP contribution in [0.4, 0.5) is 11.4 Å². The second-order valence-corrected chi connectivity index (χ2v) is 8.79. The molecule has 0 heterocycles. The Morgan fingerprint density at radius 2 is 1.90 bits per heavy atom. The smallest absolute Gasteiger partial charge is 0.191 e. The lowest BCUT2D eigenvalue weighted by molar-refractivity contribution is 0.104. The van der Waals surface area contributed by atoms with E-state index in [0.29, 0.717) is 22.7 Å². The summed E-state index contributed by atoms with van der Waals surface area (Å²) in [5.41, 5.74) is 18.1. The lowest BCUT2D eigenvalue weighted by atomic mass is 9.74. The maximum Gasteiger partial charge on any atom is 0.191 e. The van der Waals surface area contributed by atoms with Gasteiger partial charge in [-0.2, -0.15) is 0 Å². The monoisotopic (exact) mass is 416 g/mol. The van der Waals surface area contributed by atoms with Crippen molar-refractivity contribution in [2.24, 2.45) is 5.41 Å². The van der Waals surface area contributed by atoms with E-state index in [2.05, 4.69) is 39.0 Å². The van der Waals surface area contributed by atoms with E-state index in [-0.39, 0.29) is 11.2 Å². The molecule has 162 valence electrons. The van der Waals surface area contributed by atoms with Gasteiger partial charge in [-0.05, 0) is 73.9 Å². The summed E-state index contributed by atoms with van der Waals surface area (Å²) in [7, 11) is 1.58. The summed E-state index contributed by atoms with van der Waals surface area (Å²) in [5, 5.41) is 0. The molecule has 31 heavy (non-hydrogen) atoms. The summed E-state index contributed by atoms with van der Waals surface area (Å²) in [6.45, 7) is 6.52. The average Bonchev–Trinajstić information content (AvgIpc) is 2.72. The Bertz CT molecular complexity index is 1060. The second kappa shape index (κ2) is 9.25. The van der Waals surface area contributed by atoms with Crippen molar-refractivity contribution in [2.75, 3.05) is 18.6 Å². The zero-order chi connectivity index (χ0) is 22.6. The zero-order valence-corrected chi connectivity index (χ0v) is 18.9. The topological polar surface area (TPSA) is 78.3 Å². The number of allylic oxidation sites excluding steroid dienone is 4. The molecule has 0 bridgehead atoms. The maximum atomic E-state index is 13.0. The first-order valence-corrected chi connectivity index (χ1v) is 10.6. The first kappa shape index (κ1) is 22.4. The first-order valence-electron chi connectivity index (χ1n) is 10.6. The largest absolute Gasteiger partial charge is 0.496 e. The number of carbonyl (C=O) groups is 1. The number of benzene rings is 2. The third-order valence-corrected chi connectivity index (χ3v) is 5.80. The van der Waals surface area contributed by atoms with Crippen LogP contribution >= 0.6 is 0 Å². The lowest BCUT2D eigenvalue weighted by Gasteiger charge is -2.31. The molecule has 3 rings (SSSR count). The molecule has 0 radical (unpaired) electrons. The molecule has 2 aromatic rings. The van der Waals surface area contributed by atoms with Gasteiger partial charge < -0.3 is 16.2 Å². The molecule has 0 aliphatic heterocycles. The molecule has 0 aromatic heterocycles. The minimum Gasteiger partial charge on any atom is -0.496 e. The van der Waals surface area contributed by atoms with Gasteiger partial charge in [0.15, 0.2) is 5.78 Å². The fourth-order valence-corrected chi connectivity index (χ4v) is 4.01. The van der Waals surface area contributed by atoms with Gasteiger partial charge in [0, 0.05) is 11.3 Å². The summed E-state index contributed by atoms with van der Waals surface area (Å²) < 4.78 is 5.58. The zero-order valence-electron chi connectivity index (χ0n) is 18.9. The Hall–Kier alpha value is -3.27. The van der Waals surface area contributed by atoms with E-state index in [1.54, 1.807) is 25.3 Å². The van der Waals surface area contributed by atoms with Gasteiger partial charge in [0.1, 0.15) is 5.75 Å². The van der Waals surface area contributed by atoms with Crippen LogP contribution in [0.5, 0.6) is 5.75 Å². The molecular weight excluding hydrogens is 384 g/mol. The van der Waals surface area contributed by atoms with Crippen LogP contribution in [0, 0.1) is 5.41 Å². The third-order valence-electron chi connectivity index (χ3n) is 5.80. The van der Waals surface area contributed by atoms with Gasteiger partial charge in [-0.25, -0.2) is 0 Å². The highest BCUT2D eigenvalue weighted by atomic mass is 16.5. The number of ether oxygens (including phenoxy) is 1. The summed E-state index contributed by atoms with van der Waals surface area (Å²) in [6, 6.07) is 9.31. The molecule has 0 saturated carbocycles. The Kier molecular flexibility index (Phi) is 6.69. The van der Waals surface area contributed by atoms with E-state index in [0.717, 1.165) is 36.0 Å². The maximum absolute atomic E-state index is 13.0. The minimum atomic E-state index is -0.181. The van der Waals surface area contributed by atoms with Crippen LogP contribution in [0.15, 0.2) is 54.1 Å². The fraction of sp³-hybridized carbons (Fsp3) is 0.296. The van der Waals surface area contributed by atoms with Crippen LogP contribution < -0.4 is 16.2 Å². The van der Waals surface area contributed by atoms with Crippen LogP contribution in [0.3, 0.4) is 0 Å². The van der Waals surface area contributed by atoms with Crippen LogP contribution in [-0.4, -0.2) is 12.9 Å². The summed E-state index contributed by atoms with van der Waals surface area (Å²) >= 11 is 0. The third kappa shape index (κ3) is 5.26. The van der Waals surface area contributed by atoms with E-state index in [1.165, 1.54) is 11.6 Å². The van der Waals surface area contributed by atoms with Crippen molar-refractivity contribution in [3.8, 4) is 5.75 Å². The number of nitrogen functional groups attached to an aromatic ring is 2. The number of ketones is 1. The molecule has 1 atom stereocenters. The Balaban J connectivity index is 1.89. The lowest BCUT2D eigenvalue weighted by Crippen LogP contribution is -2.21. The molecule has 0 fully saturated rings. The van der Waals surface area contributed by atoms with Crippen LogP contribution in [0.1, 0.15) is 60.7 Å². The summed E-state index contributed by atoms with van der Waals surface area (Å²) in [5.74, 6) is 0.337. The number of nitrogens with two attached hydrogens (primary N) is 2. The second-order valence-electron chi connectivity index (χ2n) is 8.79. The van der Waals surface area contributed by atoms with Crippen LogP contribution in [0.2, 0.25) is 0 Å². The van der Waals surface area contributed by atoms with E-state index in [1.807, 2.05) is 18.2 Å². The van der Waals surface area contributed by atoms with Gasteiger partial charge in [-0.3, -0.25) is 4.79 Å². The Morgan fingerprint density at radius 3 is 2.55 bits per heavy atom. The van der Waals surface area contributed by atoms with Gasteiger partial charge in [0.2, 0.25) is 0 Å². The molecule has 4 N–H and O–H groups in total. The molecule has 4 nitrogen and oxygen atoms in total. The van der Waals surface area contributed by atoms with Gasteiger partial charge in [-0.1, -0.05) is 48.9 Å². The van der Waals surface area contributed by atoms with Crippen molar-refractivity contribution in [3.63, 3.8) is 0 Å². The van der Waals surface area contributed by atoms with Gasteiger partial charge in [-0.15, -0.1) is 0 Å². The average molecular weight is 417 g/mol. The molecule has 1 aliphatic rings. The number of anilines is 2. The number of carbonyl (C=O) groups excluding carboxylic acids is 1. The number of hydrogen-bond donors (Lipinski definition) is 2. The van der Waals surface area contributed by atoms with Crippen molar-refractivity contribution in [3.05, 3.63) is 76.4 Å². The van der Waals surface area contributed by atoms with Crippen molar-refractivity contribution in [1.82, 2.24) is 0 Å². The van der Waals surface area contributed by atoms with Gasteiger partial charge in [0.25, 0.3) is 0 Å². The standard InChI is InChI=1S/C27H32N2O2/c1-18(2)6-5-14-27(3)15-13-22-20(17-27)16-24(31-4)25(26(22)29)23(30)12-9-19-7-10-21(28)11-8-19/h6-13,15-16H,5,14,17,28-29H2,1-4H3/b12-9+. The molecule has 0 spiro atoms. The van der Waals surface area contributed by atoms with E-state index >= 15 is 0 Å². The quantitative estimate of drug-likeness (QED) is 0.248. The predicted molar refractivity (Wildman–Crippen MR) is 131 cm³/mol. The van der Waals surface area contributed by atoms with Gasteiger partial charge in [0.05, 0.1) is 18.4 Å². The number of methoxy groups -OCH3 is 1. The summed E-state index contributed by atoms with van der Waals surface area (Å²) in [6.07, 6.45) is 12.8. The van der Waals surface area contributed by atoms with Crippen molar-refractivity contribution in [1.29, 1.82) is 0 Å². The fourth-order valence-electron chi connectivity index (χ4n) is 4.01. The van der Waals surface area contributed by atoms with Crippen molar-refractivity contribution in [2.45, 2.75) is 40.0 Å². The first-order chi connectivity index (χ1) is 14.7. The van der Waals surface area contributed by atoms with E-state index < -0.39 is 0 Å². The molecule has 0 saturated heterocycles. The molecule has 0 amide bonds. The molecule has 2 aromatic carbocycles. The van der Waals surface area contributed by atoms with Crippen molar-refractivity contribution < 1.29 is 9.53 Å².